The Kier molecular flexibility index (Phi) is 19.7. The van der Waals surface area contributed by atoms with Gasteiger partial charge in [0.05, 0.1) is 59.5 Å². The maximum atomic E-state index is 7.43. The van der Waals surface area contributed by atoms with Crippen molar-refractivity contribution < 1.29 is 52.1 Å². The molecule has 6 aromatic carbocycles. The van der Waals surface area contributed by atoms with Gasteiger partial charge in [-0.3, -0.25) is 0 Å². The molecule has 0 amide bonds. The third-order valence-electron chi connectivity index (χ3n) is 12.0. The van der Waals surface area contributed by atoms with Crippen molar-refractivity contribution in [2.24, 2.45) is 0 Å². The van der Waals surface area contributed by atoms with Crippen LogP contribution >= 0.6 is 0 Å². The molecule has 69 heavy (non-hydrogen) atoms. The van der Waals surface area contributed by atoms with Crippen molar-refractivity contribution in [2.75, 3.05) is 26.9 Å². The fraction of sp³-hybridized carbons (Fsp3) is 0.345. The first-order valence-corrected chi connectivity index (χ1v) is 23.7. The molecule has 2 saturated heterocycles. The van der Waals surface area contributed by atoms with Gasteiger partial charge in [-0.25, -0.2) is 0 Å². The Hall–Kier alpha value is -5.38. The number of methoxy groups -OCH3 is 1. The molecular weight excluding hydrogens is 873 g/mol. The summed E-state index contributed by atoms with van der Waals surface area (Å²) in [6.07, 6.45) is -6.36. The van der Waals surface area contributed by atoms with Gasteiger partial charge in [0, 0.05) is 7.11 Å². The summed E-state index contributed by atoms with van der Waals surface area (Å²) in [6, 6.07) is 60.1. The zero-order valence-electron chi connectivity index (χ0n) is 39.2. The fourth-order valence-electron chi connectivity index (χ4n) is 8.55. The van der Waals surface area contributed by atoms with Crippen molar-refractivity contribution in [2.45, 2.75) is 101 Å². The lowest BCUT2D eigenvalue weighted by atomic mass is 9.95. The molecule has 2 fully saturated rings. The van der Waals surface area contributed by atoms with Crippen LogP contribution in [0.4, 0.5) is 0 Å². The number of hydrogen-bond donors (Lipinski definition) is 0. The van der Waals surface area contributed by atoms with Gasteiger partial charge in [0.25, 0.3) is 0 Å². The van der Waals surface area contributed by atoms with Crippen LogP contribution in [0.5, 0.6) is 0 Å². The highest BCUT2D eigenvalue weighted by molar-refractivity contribution is 5.18. The van der Waals surface area contributed by atoms with E-state index in [1.807, 2.05) is 182 Å². The molecule has 362 valence electrons. The average molecular weight is 937 g/mol. The first-order chi connectivity index (χ1) is 34.1. The van der Waals surface area contributed by atoms with E-state index in [0.717, 1.165) is 33.4 Å². The van der Waals surface area contributed by atoms with Gasteiger partial charge >= 0.3 is 0 Å². The number of benzene rings is 6. The Balaban J connectivity index is 1.19. The molecule has 10 atom stereocenters. The fourth-order valence-corrected chi connectivity index (χ4v) is 8.55. The summed E-state index contributed by atoms with van der Waals surface area (Å²) in [4.78, 5) is 0. The van der Waals surface area contributed by atoms with Gasteiger partial charge in [0.15, 0.2) is 12.6 Å². The van der Waals surface area contributed by atoms with Crippen LogP contribution in [0.1, 0.15) is 33.4 Å². The summed E-state index contributed by atoms with van der Waals surface area (Å²) in [6.45, 7) is 6.08. The Morgan fingerprint density at radius 3 is 1.12 bits per heavy atom. The highest BCUT2D eigenvalue weighted by atomic mass is 16.8. The molecule has 2 heterocycles. The van der Waals surface area contributed by atoms with Crippen LogP contribution in [0, 0.1) is 0 Å². The molecule has 0 N–H and O–H groups in total. The van der Waals surface area contributed by atoms with Gasteiger partial charge in [0.1, 0.15) is 48.8 Å². The minimum Gasteiger partial charge on any atom is -0.382 e. The molecule has 11 heteroatoms. The summed E-state index contributed by atoms with van der Waals surface area (Å²) >= 11 is 0. The SMILES string of the molecule is C=CCOC1O[C@H](COCc2ccccc2)[C@@H](O[C@@H]2O[C@H](COC)[C@@H](OCc3ccccc3)[C@H](OCc3ccccc3)[C@H]2OCc2ccccc2)[C@H](OCc2ccccc2)[C@H]1OCc1ccccc1. The second-order valence-corrected chi connectivity index (χ2v) is 17.1. The van der Waals surface area contributed by atoms with Gasteiger partial charge in [-0.05, 0) is 33.4 Å². The lowest BCUT2D eigenvalue weighted by molar-refractivity contribution is -0.376. The molecule has 0 aromatic heterocycles. The van der Waals surface area contributed by atoms with E-state index in [9.17, 15) is 0 Å². The van der Waals surface area contributed by atoms with Crippen molar-refractivity contribution in [3.8, 4) is 0 Å². The molecule has 0 spiro atoms. The predicted octanol–water partition coefficient (Wildman–Crippen LogP) is 9.81. The number of ether oxygens (including phenoxy) is 11. The molecular formula is C58H64O11. The topological polar surface area (TPSA) is 102 Å². The van der Waals surface area contributed by atoms with E-state index < -0.39 is 61.4 Å². The summed E-state index contributed by atoms with van der Waals surface area (Å²) in [5.41, 5.74) is 5.91. The van der Waals surface area contributed by atoms with Crippen molar-refractivity contribution in [3.05, 3.63) is 228 Å². The highest BCUT2D eigenvalue weighted by Gasteiger charge is 2.54. The van der Waals surface area contributed by atoms with E-state index in [1.54, 1.807) is 13.2 Å². The highest BCUT2D eigenvalue weighted by Crippen LogP contribution is 2.37. The molecule has 2 aliphatic rings. The van der Waals surface area contributed by atoms with Crippen molar-refractivity contribution in [1.82, 2.24) is 0 Å². The second kappa shape index (κ2) is 27.1. The normalized spacial score (nSPS) is 24.7. The molecule has 0 aliphatic carbocycles. The van der Waals surface area contributed by atoms with Crippen LogP contribution in [-0.4, -0.2) is 88.3 Å². The monoisotopic (exact) mass is 936 g/mol. The Labute approximate surface area is 406 Å². The molecule has 1 unspecified atom stereocenters. The summed E-state index contributed by atoms with van der Waals surface area (Å²) < 4.78 is 75.0. The zero-order chi connectivity index (χ0) is 47.3. The molecule has 6 aromatic rings. The quantitative estimate of drug-likeness (QED) is 0.0486. The first-order valence-electron chi connectivity index (χ1n) is 23.7. The molecule has 2 aliphatic heterocycles. The van der Waals surface area contributed by atoms with Crippen LogP contribution in [-0.2, 0) is 91.7 Å². The minimum atomic E-state index is -1.07. The van der Waals surface area contributed by atoms with Crippen molar-refractivity contribution in [1.29, 1.82) is 0 Å². The number of hydrogen-bond acceptors (Lipinski definition) is 11. The molecule has 0 saturated carbocycles. The lowest BCUT2D eigenvalue weighted by Crippen LogP contribution is -2.66. The van der Waals surface area contributed by atoms with E-state index in [1.165, 1.54) is 0 Å². The van der Waals surface area contributed by atoms with Gasteiger partial charge in [-0.2, -0.15) is 0 Å². The van der Waals surface area contributed by atoms with Crippen LogP contribution < -0.4 is 0 Å². The van der Waals surface area contributed by atoms with E-state index in [4.69, 9.17) is 52.1 Å². The minimum absolute atomic E-state index is 0.116. The van der Waals surface area contributed by atoms with Crippen LogP contribution in [0.15, 0.2) is 195 Å². The largest absolute Gasteiger partial charge is 0.382 e. The average Bonchev–Trinajstić information content (AvgIpc) is 3.40. The van der Waals surface area contributed by atoms with Crippen LogP contribution in [0.25, 0.3) is 0 Å². The third-order valence-corrected chi connectivity index (χ3v) is 12.0. The lowest BCUT2D eigenvalue weighted by Gasteiger charge is -2.50. The maximum absolute atomic E-state index is 7.43. The van der Waals surface area contributed by atoms with Crippen molar-refractivity contribution >= 4 is 0 Å². The Morgan fingerprint density at radius 2 is 0.710 bits per heavy atom. The third kappa shape index (κ3) is 14.8. The molecule has 8 rings (SSSR count). The Morgan fingerprint density at radius 1 is 0.377 bits per heavy atom. The second-order valence-electron chi connectivity index (χ2n) is 17.1. The molecule has 11 nitrogen and oxygen atoms in total. The maximum Gasteiger partial charge on any atom is 0.187 e. The van der Waals surface area contributed by atoms with Crippen molar-refractivity contribution in [3.63, 3.8) is 0 Å². The Bertz CT molecular complexity index is 2310. The zero-order valence-corrected chi connectivity index (χ0v) is 39.2. The van der Waals surface area contributed by atoms with Gasteiger partial charge in [0.2, 0.25) is 0 Å². The van der Waals surface area contributed by atoms with Crippen LogP contribution in [0.3, 0.4) is 0 Å². The van der Waals surface area contributed by atoms with Gasteiger partial charge < -0.3 is 52.1 Å². The summed E-state index contributed by atoms with van der Waals surface area (Å²) in [5.74, 6) is 0. The smallest absolute Gasteiger partial charge is 0.187 e. The van der Waals surface area contributed by atoms with E-state index in [0.29, 0.717) is 13.2 Å². The molecule has 0 bridgehead atoms. The summed E-state index contributed by atoms with van der Waals surface area (Å²) in [5, 5.41) is 0. The standard InChI is InChI=1S/C58H64O11/c1-3-34-61-57-55(65-39-47-30-18-8-19-31-47)54(64-38-46-28-16-7-17-29-46)52(50(67-57)42-60-35-43-22-10-4-11-23-43)69-58-56(66-40-48-32-20-9-21-33-48)53(63-37-45-26-14-6-15-27-45)51(49(68-58)41-59-2)62-36-44-24-12-5-13-25-44/h3-33,49-58H,1,34-42H2,2H3/t49-,50-,51-,52-,53+,54+,55-,56-,57?,58+/m1/s1. The van der Waals surface area contributed by atoms with E-state index in [-0.39, 0.29) is 46.2 Å². The van der Waals surface area contributed by atoms with E-state index >= 15 is 0 Å². The molecule has 0 radical (unpaired) electrons. The summed E-state index contributed by atoms with van der Waals surface area (Å²) in [7, 11) is 1.64. The van der Waals surface area contributed by atoms with E-state index in [2.05, 4.69) is 6.58 Å². The number of rotatable bonds is 26. The van der Waals surface area contributed by atoms with Gasteiger partial charge in [-0.1, -0.05) is 188 Å². The van der Waals surface area contributed by atoms with Gasteiger partial charge in [-0.15, -0.1) is 6.58 Å². The predicted molar refractivity (Wildman–Crippen MR) is 261 cm³/mol. The first kappa shape index (κ1) is 50.0. The van der Waals surface area contributed by atoms with Crippen LogP contribution in [0.2, 0.25) is 0 Å².